The number of aryl methyl sites for hydroxylation is 2. The van der Waals surface area contributed by atoms with Gasteiger partial charge in [-0.1, -0.05) is 29.8 Å². The molecule has 24 heavy (non-hydrogen) atoms. The first-order valence-electron chi connectivity index (χ1n) is 8.35. The number of halogens is 3. The van der Waals surface area contributed by atoms with E-state index in [0.717, 1.165) is 12.8 Å². The molecule has 1 atom stereocenters. The lowest BCUT2D eigenvalue weighted by Crippen LogP contribution is -2.45. The molecule has 1 aromatic rings. The van der Waals surface area contributed by atoms with Gasteiger partial charge in [0.05, 0.1) is 0 Å². The van der Waals surface area contributed by atoms with E-state index in [9.17, 15) is 23.1 Å². The largest absolute Gasteiger partial charge is 0.414 e. The minimum absolute atomic E-state index is 0.0120. The number of piperidine rings is 1. The first-order valence-corrected chi connectivity index (χ1v) is 8.35. The predicted octanol–water partition coefficient (Wildman–Crippen LogP) is 3.48. The number of nitrogens with zero attached hydrogens (tertiary/aromatic N) is 1. The number of carbonyl (C=O) groups is 1. The Morgan fingerprint density at radius 1 is 1.25 bits per heavy atom. The quantitative estimate of drug-likeness (QED) is 0.889. The highest BCUT2D eigenvalue weighted by Crippen LogP contribution is 2.31. The Labute approximate surface area is 140 Å². The van der Waals surface area contributed by atoms with Crippen LogP contribution in [-0.2, 0) is 11.2 Å². The topological polar surface area (TPSA) is 40.5 Å². The van der Waals surface area contributed by atoms with E-state index < -0.39 is 18.2 Å². The van der Waals surface area contributed by atoms with Crippen molar-refractivity contribution >= 4 is 5.91 Å². The van der Waals surface area contributed by atoms with Gasteiger partial charge in [0.2, 0.25) is 5.91 Å². The van der Waals surface area contributed by atoms with Gasteiger partial charge in [-0.25, -0.2) is 0 Å². The molecule has 1 amide bonds. The van der Waals surface area contributed by atoms with Crippen LogP contribution in [0.3, 0.4) is 0 Å². The van der Waals surface area contributed by atoms with Crippen LogP contribution in [0.4, 0.5) is 13.2 Å². The first-order chi connectivity index (χ1) is 11.3. The van der Waals surface area contributed by atoms with Gasteiger partial charge < -0.3 is 10.0 Å². The van der Waals surface area contributed by atoms with Crippen LogP contribution in [0.15, 0.2) is 24.3 Å². The minimum Gasteiger partial charge on any atom is -0.383 e. The standard InChI is InChI=1S/C18H24F3NO2/c1-13-5-7-14(8-6-13)3-2-4-16(23)22-11-9-15(10-12-22)17(24)18(19,20)21/h5-8,15,17,24H,2-4,9-12H2,1H3. The maximum absolute atomic E-state index is 12.5. The number of benzene rings is 1. The van der Waals surface area contributed by atoms with Crippen LogP contribution < -0.4 is 0 Å². The van der Waals surface area contributed by atoms with Crippen molar-refractivity contribution in [3.8, 4) is 0 Å². The molecule has 1 unspecified atom stereocenters. The number of alkyl halides is 3. The van der Waals surface area contributed by atoms with Gasteiger partial charge in [0.25, 0.3) is 0 Å². The van der Waals surface area contributed by atoms with Crippen molar-refractivity contribution in [3.63, 3.8) is 0 Å². The second-order valence-corrected chi connectivity index (χ2v) is 6.54. The van der Waals surface area contributed by atoms with Crippen LogP contribution in [0.2, 0.25) is 0 Å². The SMILES string of the molecule is Cc1ccc(CCCC(=O)N2CCC(C(O)C(F)(F)F)CC2)cc1. The third-order valence-corrected chi connectivity index (χ3v) is 4.65. The smallest absolute Gasteiger partial charge is 0.383 e. The van der Waals surface area contributed by atoms with Gasteiger partial charge in [0.15, 0.2) is 6.10 Å². The maximum Gasteiger partial charge on any atom is 0.414 e. The zero-order chi connectivity index (χ0) is 17.7. The van der Waals surface area contributed by atoms with E-state index >= 15 is 0 Å². The molecule has 1 heterocycles. The lowest BCUT2D eigenvalue weighted by atomic mass is 9.90. The van der Waals surface area contributed by atoms with Crippen molar-refractivity contribution in [1.29, 1.82) is 0 Å². The molecule has 134 valence electrons. The normalized spacial score (nSPS) is 17.8. The Bertz CT molecular complexity index is 534. The molecule has 0 spiro atoms. The fourth-order valence-electron chi connectivity index (χ4n) is 3.09. The predicted molar refractivity (Wildman–Crippen MR) is 85.5 cm³/mol. The Morgan fingerprint density at radius 3 is 2.38 bits per heavy atom. The molecule has 0 aliphatic carbocycles. The van der Waals surface area contributed by atoms with Gasteiger partial charge in [0, 0.05) is 19.5 Å². The summed E-state index contributed by atoms with van der Waals surface area (Å²) in [5.74, 6) is -0.816. The molecule has 1 aliphatic rings. The lowest BCUT2D eigenvalue weighted by Gasteiger charge is -2.34. The highest BCUT2D eigenvalue weighted by Gasteiger charge is 2.44. The van der Waals surface area contributed by atoms with Crippen LogP contribution in [0.25, 0.3) is 0 Å². The van der Waals surface area contributed by atoms with Crippen molar-refractivity contribution in [3.05, 3.63) is 35.4 Å². The van der Waals surface area contributed by atoms with Crippen LogP contribution in [0.1, 0.15) is 36.8 Å². The van der Waals surface area contributed by atoms with E-state index in [1.807, 2.05) is 31.2 Å². The summed E-state index contributed by atoms with van der Waals surface area (Å²) >= 11 is 0. The van der Waals surface area contributed by atoms with E-state index in [1.165, 1.54) is 11.1 Å². The second-order valence-electron chi connectivity index (χ2n) is 6.54. The first kappa shape index (κ1) is 18.8. The van der Waals surface area contributed by atoms with Crippen molar-refractivity contribution in [2.75, 3.05) is 13.1 Å². The van der Waals surface area contributed by atoms with Gasteiger partial charge in [-0.2, -0.15) is 13.2 Å². The molecule has 6 heteroatoms. The number of aliphatic hydroxyl groups excluding tert-OH is 1. The zero-order valence-corrected chi connectivity index (χ0v) is 13.9. The molecule has 2 rings (SSSR count). The molecule has 1 aromatic carbocycles. The summed E-state index contributed by atoms with van der Waals surface area (Å²) in [6.07, 6.45) is -4.52. The summed E-state index contributed by atoms with van der Waals surface area (Å²) in [4.78, 5) is 13.8. The summed E-state index contributed by atoms with van der Waals surface area (Å²) in [6, 6.07) is 8.16. The van der Waals surface area contributed by atoms with Gasteiger partial charge in [-0.15, -0.1) is 0 Å². The van der Waals surface area contributed by atoms with Crippen molar-refractivity contribution in [2.24, 2.45) is 5.92 Å². The maximum atomic E-state index is 12.5. The number of amides is 1. The summed E-state index contributed by atoms with van der Waals surface area (Å²) in [7, 11) is 0. The number of likely N-dealkylation sites (tertiary alicyclic amines) is 1. The molecule has 1 N–H and O–H groups in total. The molecule has 1 aliphatic heterocycles. The van der Waals surface area contributed by atoms with Crippen LogP contribution in [0.5, 0.6) is 0 Å². The Balaban J connectivity index is 1.72. The van der Waals surface area contributed by atoms with E-state index in [-0.39, 0.29) is 18.7 Å². The molecule has 0 saturated carbocycles. The zero-order valence-electron chi connectivity index (χ0n) is 13.9. The molecule has 1 saturated heterocycles. The van der Waals surface area contributed by atoms with E-state index in [4.69, 9.17) is 0 Å². The van der Waals surface area contributed by atoms with E-state index in [1.54, 1.807) is 4.90 Å². The monoisotopic (exact) mass is 343 g/mol. The summed E-state index contributed by atoms with van der Waals surface area (Å²) < 4.78 is 37.5. The van der Waals surface area contributed by atoms with Gasteiger partial charge in [-0.3, -0.25) is 4.79 Å². The highest BCUT2D eigenvalue weighted by atomic mass is 19.4. The second kappa shape index (κ2) is 8.01. The summed E-state index contributed by atoms with van der Waals surface area (Å²) in [5.41, 5.74) is 2.37. The van der Waals surface area contributed by atoms with Crippen LogP contribution in [0, 0.1) is 12.8 Å². The van der Waals surface area contributed by atoms with Gasteiger partial charge in [-0.05, 0) is 44.1 Å². The van der Waals surface area contributed by atoms with Gasteiger partial charge in [0.1, 0.15) is 0 Å². The Morgan fingerprint density at radius 2 is 1.83 bits per heavy atom. The van der Waals surface area contributed by atoms with Gasteiger partial charge >= 0.3 is 6.18 Å². The van der Waals surface area contributed by atoms with Crippen molar-refractivity contribution < 1.29 is 23.1 Å². The molecular weight excluding hydrogens is 319 g/mol. The minimum atomic E-state index is -4.58. The Hall–Kier alpha value is -1.56. The molecule has 3 nitrogen and oxygen atoms in total. The fourth-order valence-corrected chi connectivity index (χ4v) is 3.09. The molecule has 1 fully saturated rings. The lowest BCUT2D eigenvalue weighted by molar-refractivity contribution is -0.222. The highest BCUT2D eigenvalue weighted by molar-refractivity contribution is 5.76. The molecule has 0 bridgehead atoms. The molecule has 0 radical (unpaired) electrons. The van der Waals surface area contributed by atoms with Crippen LogP contribution in [-0.4, -0.2) is 41.3 Å². The number of rotatable bonds is 5. The third kappa shape index (κ3) is 5.23. The number of aliphatic hydroxyl groups is 1. The van der Waals surface area contributed by atoms with Crippen LogP contribution >= 0.6 is 0 Å². The Kier molecular flexibility index (Phi) is 6.27. The fraction of sp³-hybridized carbons (Fsp3) is 0.611. The number of hydrogen-bond acceptors (Lipinski definition) is 2. The number of hydrogen-bond donors (Lipinski definition) is 1. The average molecular weight is 343 g/mol. The number of carbonyl (C=O) groups excluding carboxylic acids is 1. The molecule has 0 aromatic heterocycles. The summed E-state index contributed by atoms with van der Waals surface area (Å²) in [6.45, 7) is 2.61. The summed E-state index contributed by atoms with van der Waals surface area (Å²) in [5, 5.41) is 9.29. The van der Waals surface area contributed by atoms with Crippen molar-refractivity contribution in [2.45, 2.75) is 51.3 Å². The average Bonchev–Trinajstić information content (AvgIpc) is 2.55. The third-order valence-electron chi connectivity index (χ3n) is 4.65. The van der Waals surface area contributed by atoms with E-state index in [2.05, 4.69) is 0 Å². The van der Waals surface area contributed by atoms with E-state index in [0.29, 0.717) is 19.5 Å². The van der Waals surface area contributed by atoms with Crippen molar-refractivity contribution in [1.82, 2.24) is 4.90 Å². The molecular formula is C18H24F3NO2.